The molecule has 0 atom stereocenters. The van der Waals surface area contributed by atoms with Gasteiger partial charge in [0.1, 0.15) is 11.4 Å². The van der Waals surface area contributed by atoms with E-state index in [0.29, 0.717) is 18.9 Å². The first-order valence-electron chi connectivity index (χ1n) is 9.24. The van der Waals surface area contributed by atoms with Gasteiger partial charge in [0, 0.05) is 12.5 Å². The molecule has 1 heterocycles. The van der Waals surface area contributed by atoms with E-state index in [4.69, 9.17) is 9.73 Å². The lowest BCUT2D eigenvalue weighted by Gasteiger charge is -2.28. The SMILES string of the molecule is CCCC1(CCC)N=C(C2CCC(OCCCF)CC2)NC1=O. The Morgan fingerprint density at radius 1 is 1.22 bits per heavy atom. The van der Waals surface area contributed by atoms with E-state index in [2.05, 4.69) is 19.2 Å². The maximum absolute atomic E-state index is 12.5. The third kappa shape index (κ3) is 4.52. The molecule has 2 aliphatic rings. The molecule has 0 aromatic heterocycles. The first-order valence-corrected chi connectivity index (χ1v) is 9.24. The van der Waals surface area contributed by atoms with Crippen molar-refractivity contribution in [3.05, 3.63) is 0 Å². The maximum Gasteiger partial charge on any atom is 0.253 e. The summed E-state index contributed by atoms with van der Waals surface area (Å²) in [6.45, 7) is 4.42. The van der Waals surface area contributed by atoms with Gasteiger partial charge in [-0.15, -0.1) is 0 Å². The molecule has 0 spiro atoms. The standard InChI is InChI=1S/C18H31FN2O2/c1-3-10-18(11-4-2)17(22)20-16(21-18)14-6-8-15(9-7-14)23-13-5-12-19/h14-15H,3-13H2,1-2H3,(H,20,21,22). The van der Waals surface area contributed by atoms with E-state index in [9.17, 15) is 9.18 Å². The quantitative estimate of drug-likeness (QED) is 0.655. The van der Waals surface area contributed by atoms with Crippen molar-refractivity contribution >= 4 is 11.7 Å². The zero-order chi connectivity index (χ0) is 16.7. The summed E-state index contributed by atoms with van der Waals surface area (Å²) in [7, 11) is 0. The van der Waals surface area contributed by atoms with Crippen molar-refractivity contribution in [1.29, 1.82) is 0 Å². The second kappa shape index (κ2) is 8.76. The fourth-order valence-corrected chi connectivity index (χ4v) is 3.83. The number of rotatable bonds is 9. The summed E-state index contributed by atoms with van der Waals surface area (Å²) in [4.78, 5) is 17.4. The summed E-state index contributed by atoms with van der Waals surface area (Å²) < 4.78 is 17.8. The molecule has 1 amide bonds. The summed E-state index contributed by atoms with van der Waals surface area (Å²) in [5.41, 5.74) is -0.521. The van der Waals surface area contributed by atoms with Crippen LogP contribution in [0.25, 0.3) is 0 Å². The average molecular weight is 326 g/mol. The lowest BCUT2D eigenvalue weighted by molar-refractivity contribution is -0.124. The van der Waals surface area contributed by atoms with Crippen LogP contribution >= 0.6 is 0 Å². The molecule has 0 radical (unpaired) electrons. The second-order valence-electron chi connectivity index (χ2n) is 6.87. The highest BCUT2D eigenvalue weighted by molar-refractivity contribution is 6.09. The summed E-state index contributed by atoms with van der Waals surface area (Å²) in [6.07, 6.45) is 8.27. The largest absolute Gasteiger partial charge is 0.378 e. The molecule has 1 saturated carbocycles. The Balaban J connectivity index is 1.91. The topological polar surface area (TPSA) is 50.7 Å². The van der Waals surface area contributed by atoms with Gasteiger partial charge in [0.2, 0.25) is 0 Å². The Bertz CT molecular complexity index is 411. The van der Waals surface area contributed by atoms with Gasteiger partial charge in [-0.25, -0.2) is 0 Å². The summed E-state index contributed by atoms with van der Waals surface area (Å²) in [5, 5.41) is 3.07. The predicted molar refractivity (Wildman–Crippen MR) is 90.4 cm³/mol. The average Bonchev–Trinajstić information content (AvgIpc) is 2.86. The van der Waals surface area contributed by atoms with Crippen LogP contribution in [0.1, 0.15) is 71.6 Å². The van der Waals surface area contributed by atoms with Crippen molar-refractivity contribution in [3.63, 3.8) is 0 Å². The molecule has 4 nitrogen and oxygen atoms in total. The molecule has 0 unspecified atom stereocenters. The molecular weight excluding hydrogens is 295 g/mol. The van der Waals surface area contributed by atoms with E-state index in [0.717, 1.165) is 57.2 Å². The summed E-state index contributed by atoms with van der Waals surface area (Å²) in [5.74, 6) is 1.34. The number of alkyl halides is 1. The third-order valence-corrected chi connectivity index (χ3v) is 5.02. The van der Waals surface area contributed by atoms with Crippen LogP contribution in [0, 0.1) is 5.92 Å². The Morgan fingerprint density at radius 2 is 1.87 bits per heavy atom. The number of nitrogens with zero attached hydrogens (tertiary/aromatic N) is 1. The molecular formula is C18H31FN2O2. The molecule has 1 aliphatic carbocycles. The van der Waals surface area contributed by atoms with Crippen LogP contribution in [-0.4, -0.2) is 36.7 Å². The fourth-order valence-electron chi connectivity index (χ4n) is 3.83. The first kappa shape index (κ1) is 18.4. The normalized spacial score (nSPS) is 26.9. The van der Waals surface area contributed by atoms with Crippen LogP contribution < -0.4 is 5.32 Å². The van der Waals surface area contributed by atoms with Gasteiger partial charge in [-0.05, 0) is 44.9 Å². The van der Waals surface area contributed by atoms with Crippen molar-refractivity contribution < 1.29 is 13.9 Å². The van der Waals surface area contributed by atoms with Crippen LogP contribution in [0.2, 0.25) is 0 Å². The van der Waals surface area contributed by atoms with Crippen molar-refractivity contribution in [2.45, 2.75) is 83.3 Å². The molecule has 1 fully saturated rings. The molecule has 132 valence electrons. The van der Waals surface area contributed by atoms with E-state index < -0.39 is 5.54 Å². The van der Waals surface area contributed by atoms with Gasteiger partial charge >= 0.3 is 0 Å². The molecule has 1 N–H and O–H groups in total. The Hall–Kier alpha value is -0.970. The number of aliphatic imine (C=N–C) groups is 1. The maximum atomic E-state index is 12.5. The number of amides is 1. The Morgan fingerprint density at radius 3 is 2.43 bits per heavy atom. The van der Waals surface area contributed by atoms with Gasteiger partial charge in [0.05, 0.1) is 12.8 Å². The Labute approximate surface area is 139 Å². The van der Waals surface area contributed by atoms with Gasteiger partial charge < -0.3 is 10.1 Å². The molecule has 23 heavy (non-hydrogen) atoms. The number of carbonyl (C=O) groups is 1. The molecule has 0 bridgehead atoms. The van der Waals surface area contributed by atoms with Crippen LogP contribution in [0.5, 0.6) is 0 Å². The molecule has 0 saturated heterocycles. The summed E-state index contributed by atoms with van der Waals surface area (Å²) >= 11 is 0. The number of amidine groups is 1. The minimum atomic E-state index is -0.521. The van der Waals surface area contributed by atoms with Crippen LogP contribution in [0.15, 0.2) is 4.99 Å². The van der Waals surface area contributed by atoms with E-state index in [1.165, 1.54) is 0 Å². The van der Waals surface area contributed by atoms with Gasteiger partial charge in [-0.1, -0.05) is 26.7 Å². The Kier molecular flexibility index (Phi) is 7.00. The molecule has 2 rings (SSSR count). The van der Waals surface area contributed by atoms with Crippen LogP contribution in [0.4, 0.5) is 4.39 Å². The summed E-state index contributed by atoms with van der Waals surface area (Å²) in [6, 6.07) is 0. The lowest BCUT2D eigenvalue weighted by Crippen LogP contribution is -2.41. The van der Waals surface area contributed by atoms with Crippen LogP contribution in [-0.2, 0) is 9.53 Å². The highest BCUT2D eigenvalue weighted by atomic mass is 19.1. The minimum Gasteiger partial charge on any atom is -0.378 e. The molecule has 5 heteroatoms. The van der Waals surface area contributed by atoms with E-state index in [-0.39, 0.29) is 18.7 Å². The van der Waals surface area contributed by atoms with E-state index in [1.807, 2.05) is 0 Å². The number of hydrogen-bond donors (Lipinski definition) is 1. The number of ether oxygens (including phenoxy) is 1. The number of carbonyl (C=O) groups excluding carboxylic acids is 1. The van der Waals surface area contributed by atoms with E-state index >= 15 is 0 Å². The number of halogens is 1. The monoisotopic (exact) mass is 326 g/mol. The van der Waals surface area contributed by atoms with Crippen molar-refractivity contribution in [2.24, 2.45) is 10.9 Å². The zero-order valence-electron chi connectivity index (χ0n) is 14.6. The van der Waals surface area contributed by atoms with Gasteiger partial charge in [-0.3, -0.25) is 14.2 Å². The van der Waals surface area contributed by atoms with Crippen molar-refractivity contribution in [1.82, 2.24) is 5.32 Å². The van der Waals surface area contributed by atoms with Gasteiger partial charge in [0.25, 0.3) is 5.91 Å². The predicted octanol–water partition coefficient (Wildman–Crippen LogP) is 3.79. The van der Waals surface area contributed by atoms with Crippen molar-refractivity contribution in [3.8, 4) is 0 Å². The fraction of sp³-hybridized carbons (Fsp3) is 0.889. The van der Waals surface area contributed by atoms with E-state index in [1.54, 1.807) is 0 Å². The number of hydrogen-bond acceptors (Lipinski definition) is 3. The molecule has 0 aromatic carbocycles. The highest BCUT2D eigenvalue weighted by Crippen LogP contribution is 2.33. The lowest BCUT2D eigenvalue weighted by atomic mass is 9.86. The second-order valence-corrected chi connectivity index (χ2v) is 6.87. The van der Waals surface area contributed by atoms with Gasteiger partial charge in [-0.2, -0.15) is 0 Å². The van der Waals surface area contributed by atoms with Gasteiger partial charge in [0.15, 0.2) is 0 Å². The minimum absolute atomic E-state index is 0.0949. The smallest absolute Gasteiger partial charge is 0.253 e. The first-order chi connectivity index (χ1) is 11.1. The molecule has 0 aromatic rings. The number of nitrogens with one attached hydrogen (secondary N) is 1. The third-order valence-electron chi connectivity index (χ3n) is 5.02. The highest BCUT2D eigenvalue weighted by Gasteiger charge is 2.43. The molecule has 1 aliphatic heterocycles. The zero-order valence-corrected chi connectivity index (χ0v) is 14.6. The van der Waals surface area contributed by atoms with Crippen LogP contribution in [0.3, 0.4) is 0 Å². The van der Waals surface area contributed by atoms with Crippen molar-refractivity contribution in [2.75, 3.05) is 13.3 Å².